The molecule has 3 aromatic carbocycles. The number of carbonyl (C=O) groups is 1. The fourth-order valence-electron chi connectivity index (χ4n) is 3.82. The molecule has 0 spiro atoms. The molecule has 1 amide bonds. The van der Waals surface area contributed by atoms with Crippen molar-refractivity contribution in [3.05, 3.63) is 78.4 Å². The minimum atomic E-state index is -3.93. The van der Waals surface area contributed by atoms with Crippen molar-refractivity contribution in [2.24, 2.45) is 0 Å². The summed E-state index contributed by atoms with van der Waals surface area (Å²) in [6.07, 6.45) is -1.07. The van der Waals surface area contributed by atoms with Crippen molar-refractivity contribution < 1.29 is 31.1 Å². The van der Waals surface area contributed by atoms with E-state index in [1.165, 1.54) is 54.8 Å². The summed E-state index contributed by atoms with van der Waals surface area (Å²) in [5, 5.41) is 2.72. The minimum Gasteiger partial charge on any atom is -0.492 e. The summed E-state index contributed by atoms with van der Waals surface area (Å²) in [6, 6.07) is 19.1. The summed E-state index contributed by atoms with van der Waals surface area (Å²) in [7, 11) is -4.57. The first kappa shape index (κ1) is 27.4. The summed E-state index contributed by atoms with van der Waals surface area (Å²) in [4.78, 5) is 13.2. The molecular weight excluding hydrogens is 530 g/mol. The summed E-state index contributed by atoms with van der Waals surface area (Å²) in [5.74, 6) is 0.261. The van der Waals surface area contributed by atoms with E-state index in [4.69, 9.17) is 9.47 Å². The fourth-order valence-corrected chi connectivity index (χ4v) is 6.22. The second-order valence-electron chi connectivity index (χ2n) is 8.83. The van der Waals surface area contributed by atoms with E-state index in [0.717, 1.165) is 9.87 Å². The third-order valence-electron chi connectivity index (χ3n) is 5.88. The van der Waals surface area contributed by atoms with Gasteiger partial charge in [-0.1, -0.05) is 24.3 Å². The van der Waals surface area contributed by atoms with Crippen LogP contribution in [0.15, 0.2) is 82.6 Å². The normalized spacial score (nSPS) is 15.5. The SMILES string of the molecule is Cc1ccc2c(c1)O[C@@H](C(=O)NCCOc1ccc(S(=O)(=O)N(C)C)cc1)CN2S(=O)(=O)c1ccccc1. The maximum absolute atomic E-state index is 13.4. The minimum absolute atomic E-state index is 0.111. The van der Waals surface area contributed by atoms with Gasteiger partial charge in [-0.05, 0) is 61.0 Å². The van der Waals surface area contributed by atoms with Crippen molar-refractivity contribution in [1.82, 2.24) is 9.62 Å². The smallest absolute Gasteiger partial charge is 0.264 e. The fraction of sp³-hybridized carbons (Fsp3) is 0.269. The number of anilines is 1. The lowest BCUT2D eigenvalue weighted by Crippen LogP contribution is -2.51. The van der Waals surface area contributed by atoms with Crippen molar-refractivity contribution in [3.63, 3.8) is 0 Å². The number of ether oxygens (including phenoxy) is 2. The van der Waals surface area contributed by atoms with Gasteiger partial charge >= 0.3 is 0 Å². The van der Waals surface area contributed by atoms with E-state index in [2.05, 4.69) is 5.32 Å². The number of amides is 1. The predicted molar refractivity (Wildman–Crippen MR) is 142 cm³/mol. The van der Waals surface area contributed by atoms with Gasteiger partial charge in [-0.3, -0.25) is 9.10 Å². The van der Waals surface area contributed by atoms with Gasteiger partial charge in [-0.15, -0.1) is 0 Å². The maximum Gasteiger partial charge on any atom is 0.264 e. The van der Waals surface area contributed by atoms with Crippen molar-refractivity contribution in [1.29, 1.82) is 0 Å². The Morgan fingerprint density at radius 2 is 1.68 bits per heavy atom. The molecule has 1 aliphatic rings. The van der Waals surface area contributed by atoms with Crippen molar-refractivity contribution in [3.8, 4) is 11.5 Å². The van der Waals surface area contributed by atoms with Crippen molar-refractivity contribution in [2.75, 3.05) is 38.1 Å². The van der Waals surface area contributed by atoms with Crippen LogP contribution in [0.5, 0.6) is 11.5 Å². The molecule has 1 aliphatic heterocycles. The molecule has 10 nitrogen and oxygen atoms in total. The molecule has 202 valence electrons. The average Bonchev–Trinajstić information content (AvgIpc) is 2.90. The molecular formula is C26H29N3O7S2. The van der Waals surface area contributed by atoms with Gasteiger partial charge < -0.3 is 14.8 Å². The molecule has 1 N–H and O–H groups in total. The molecule has 38 heavy (non-hydrogen) atoms. The number of aryl methyl sites for hydroxylation is 1. The van der Waals surface area contributed by atoms with Crippen LogP contribution < -0.4 is 19.1 Å². The summed E-state index contributed by atoms with van der Waals surface area (Å²) in [6.45, 7) is 1.90. The molecule has 4 rings (SSSR count). The Hall–Kier alpha value is -3.61. The van der Waals surface area contributed by atoms with E-state index >= 15 is 0 Å². The number of hydrogen-bond donors (Lipinski definition) is 1. The lowest BCUT2D eigenvalue weighted by molar-refractivity contribution is -0.127. The number of nitrogens with zero attached hydrogens (tertiary/aromatic N) is 2. The number of fused-ring (bicyclic) bond motifs is 1. The molecule has 3 aromatic rings. The van der Waals surface area contributed by atoms with Gasteiger partial charge in [0.1, 0.15) is 18.1 Å². The zero-order valence-corrected chi connectivity index (χ0v) is 22.8. The monoisotopic (exact) mass is 559 g/mol. The van der Waals surface area contributed by atoms with E-state index < -0.39 is 32.1 Å². The molecule has 0 saturated heterocycles. The average molecular weight is 560 g/mol. The topological polar surface area (TPSA) is 122 Å². The molecule has 0 unspecified atom stereocenters. The van der Waals surface area contributed by atoms with Crippen LogP contribution in [0, 0.1) is 6.92 Å². The van der Waals surface area contributed by atoms with Gasteiger partial charge in [0.25, 0.3) is 15.9 Å². The van der Waals surface area contributed by atoms with E-state index in [-0.39, 0.29) is 29.5 Å². The number of nitrogens with one attached hydrogen (secondary N) is 1. The van der Waals surface area contributed by atoms with Crippen LogP contribution in [0.1, 0.15) is 5.56 Å². The zero-order chi connectivity index (χ0) is 27.5. The van der Waals surface area contributed by atoms with Crippen molar-refractivity contribution >= 4 is 31.6 Å². The molecule has 0 aliphatic carbocycles. The quantitative estimate of drug-likeness (QED) is 0.400. The lowest BCUT2D eigenvalue weighted by Gasteiger charge is -2.35. The van der Waals surface area contributed by atoms with Gasteiger partial charge in [0.15, 0.2) is 6.10 Å². The van der Waals surface area contributed by atoms with E-state index in [1.54, 1.807) is 36.4 Å². The summed E-state index contributed by atoms with van der Waals surface area (Å²) in [5.41, 5.74) is 1.23. The molecule has 1 heterocycles. The summed E-state index contributed by atoms with van der Waals surface area (Å²) >= 11 is 0. The first-order valence-corrected chi connectivity index (χ1v) is 14.7. The Labute approximate surface area is 222 Å². The van der Waals surface area contributed by atoms with Gasteiger partial charge in [-0.2, -0.15) is 0 Å². The standard InChI is InChI=1S/C26H29N3O7S2/c1-19-9-14-23-24(17-19)36-25(18-29(23)38(33,34)21-7-5-4-6-8-21)26(30)27-15-16-35-20-10-12-22(13-11-20)37(31,32)28(2)3/h4-14,17,25H,15-16,18H2,1-3H3,(H,27,30)/t25-/m1/s1. The number of sulfonamides is 2. The molecule has 0 radical (unpaired) electrons. The Kier molecular flexibility index (Phi) is 7.95. The largest absolute Gasteiger partial charge is 0.492 e. The first-order chi connectivity index (χ1) is 18.0. The molecule has 0 fully saturated rings. The number of carbonyl (C=O) groups excluding carboxylic acids is 1. The highest BCUT2D eigenvalue weighted by atomic mass is 32.2. The number of hydrogen-bond acceptors (Lipinski definition) is 7. The predicted octanol–water partition coefficient (Wildman–Crippen LogP) is 2.40. The second kappa shape index (κ2) is 11.0. The van der Waals surface area contributed by atoms with Crippen molar-refractivity contribution in [2.45, 2.75) is 22.8 Å². The van der Waals surface area contributed by atoms with Gasteiger partial charge in [-0.25, -0.2) is 21.1 Å². The Morgan fingerprint density at radius 3 is 2.34 bits per heavy atom. The second-order valence-corrected chi connectivity index (χ2v) is 12.8. The van der Waals surface area contributed by atoms with Crippen LogP contribution >= 0.6 is 0 Å². The highest BCUT2D eigenvalue weighted by Crippen LogP contribution is 2.37. The van der Waals surface area contributed by atoms with Crippen LogP contribution in [0.3, 0.4) is 0 Å². The molecule has 0 bridgehead atoms. The van der Waals surface area contributed by atoms with Crippen LogP contribution in [0.25, 0.3) is 0 Å². The highest BCUT2D eigenvalue weighted by Gasteiger charge is 2.37. The van der Waals surface area contributed by atoms with Crippen LogP contribution in [0.2, 0.25) is 0 Å². The van der Waals surface area contributed by atoms with Crippen LogP contribution in [-0.4, -0.2) is 66.9 Å². The van der Waals surface area contributed by atoms with Gasteiger partial charge in [0.05, 0.1) is 28.6 Å². The molecule has 12 heteroatoms. The van der Waals surface area contributed by atoms with Crippen LogP contribution in [0.4, 0.5) is 5.69 Å². The lowest BCUT2D eigenvalue weighted by atomic mass is 10.1. The third-order valence-corrected chi connectivity index (χ3v) is 9.50. The Morgan fingerprint density at radius 1 is 1.00 bits per heavy atom. The van der Waals surface area contributed by atoms with E-state index in [1.807, 2.05) is 6.92 Å². The maximum atomic E-state index is 13.4. The van der Waals surface area contributed by atoms with Crippen LogP contribution in [-0.2, 0) is 24.8 Å². The number of rotatable bonds is 9. The van der Waals surface area contributed by atoms with Gasteiger partial charge in [0, 0.05) is 14.1 Å². The molecule has 0 saturated carbocycles. The first-order valence-electron chi connectivity index (χ1n) is 11.8. The Bertz CT molecular complexity index is 1510. The zero-order valence-electron chi connectivity index (χ0n) is 21.2. The third kappa shape index (κ3) is 5.77. The number of benzene rings is 3. The van der Waals surface area contributed by atoms with Gasteiger partial charge in [0.2, 0.25) is 10.0 Å². The van der Waals surface area contributed by atoms with E-state index in [0.29, 0.717) is 17.2 Å². The Balaban J connectivity index is 1.41. The molecule has 0 aromatic heterocycles. The summed E-state index contributed by atoms with van der Waals surface area (Å²) < 4.78 is 65.0. The van der Waals surface area contributed by atoms with E-state index in [9.17, 15) is 21.6 Å². The highest BCUT2D eigenvalue weighted by molar-refractivity contribution is 7.92. The molecule has 1 atom stereocenters.